The highest BCUT2D eigenvalue weighted by Gasteiger charge is 2.23. The fraction of sp³-hybridized carbons (Fsp3) is 0.500. The number of benzene rings is 1. The van der Waals surface area contributed by atoms with Crippen LogP contribution < -0.4 is 0 Å². The summed E-state index contributed by atoms with van der Waals surface area (Å²) in [7, 11) is 0. The Bertz CT molecular complexity index is 989. The monoisotopic (exact) mass is 445 g/mol. The molecule has 0 saturated carbocycles. The number of hydrogen-bond acceptors (Lipinski definition) is 4. The third-order valence-electron chi connectivity index (χ3n) is 6.90. The van der Waals surface area contributed by atoms with Crippen molar-refractivity contribution in [2.45, 2.75) is 66.2 Å². The zero-order valence-corrected chi connectivity index (χ0v) is 20.6. The number of pyridine rings is 1. The molecule has 5 heteroatoms. The largest absolute Gasteiger partial charge is 0.299 e. The Balaban J connectivity index is 1.37. The van der Waals surface area contributed by atoms with Gasteiger partial charge in [-0.05, 0) is 74.9 Å². The molecule has 176 valence electrons. The van der Waals surface area contributed by atoms with Crippen LogP contribution >= 0.6 is 0 Å². The molecular formula is C28H39N5. The van der Waals surface area contributed by atoms with Crippen LogP contribution in [0.25, 0.3) is 0 Å². The van der Waals surface area contributed by atoms with Gasteiger partial charge in [0.15, 0.2) is 0 Å². The topological polar surface area (TPSA) is 37.2 Å². The van der Waals surface area contributed by atoms with E-state index >= 15 is 0 Å². The van der Waals surface area contributed by atoms with E-state index in [1.807, 2.05) is 18.5 Å². The second-order valence-electron chi connectivity index (χ2n) is 9.68. The zero-order valence-electron chi connectivity index (χ0n) is 20.6. The lowest BCUT2D eigenvalue weighted by atomic mass is 9.95. The van der Waals surface area contributed by atoms with Crippen molar-refractivity contribution in [3.8, 4) is 0 Å². The van der Waals surface area contributed by atoms with E-state index in [4.69, 9.17) is 5.10 Å². The molecule has 1 aromatic carbocycles. The van der Waals surface area contributed by atoms with Crippen LogP contribution in [-0.2, 0) is 26.2 Å². The molecule has 0 bridgehead atoms. The molecule has 2 aromatic heterocycles. The third kappa shape index (κ3) is 6.75. The Morgan fingerprint density at radius 2 is 1.82 bits per heavy atom. The fourth-order valence-electron chi connectivity index (χ4n) is 4.95. The number of aryl methyl sites for hydroxylation is 3. The second kappa shape index (κ2) is 11.6. The van der Waals surface area contributed by atoms with Crippen molar-refractivity contribution in [2.24, 2.45) is 5.92 Å². The van der Waals surface area contributed by atoms with Crippen LogP contribution in [0.4, 0.5) is 0 Å². The molecule has 5 nitrogen and oxygen atoms in total. The van der Waals surface area contributed by atoms with Gasteiger partial charge in [0, 0.05) is 56.9 Å². The molecule has 0 amide bonds. The predicted octanol–water partition coefficient (Wildman–Crippen LogP) is 5.22. The molecule has 4 rings (SSSR count). The number of hydrogen-bond donors (Lipinski definition) is 0. The molecule has 1 aliphatic heterocycles. The lowest BCUT2D eigenvalue weighted by Gasteiger charge is -2.35. The van der Waals surface area contributed by atoms with Gasteiger partial charge in [-0.15, -0.1) is 0 Å². The molecule has 0 spiro atoms. The van der Waals surface area contributed by atoms with E-state index in [0.717, 1.165) is 50.8 Å². The van der Waals surface area contributed by atoms with Crippen LogP contribution in [0.5, 0.6) is 0 Å². The summed E-state index contributed by atoms with van der Waals surface area (Å²) in [5.41, 5.74) is 6.67. The average molecular weight is 446 g/mol. The minimum Gasteiger partial charge on any atom is -0.299 e. The summed E-state index contributed by atoms with van der Waals surface area (Å²) >= 11 is 0. The Labute approximate surface area is 199 Å². The van der Waals surface area contributed by atoms with Crippen molar-refractivity contribution in [3.05, 3.63) is 82.9 Å². The van der Waals surface area contributed by atoms with Crippen molar-refractivity contribution >= 4 is 0 Å². The maximum Gasteiger partial charge on any atom is 0.0638 e. The van der Waals surface area contributed by atoms with Crippen LogP contribution in [0.1, 0.15) is 54.1 Å². The number of likely N-dealkylation sites (tertiary alicyclic amines) is 1. The smallest absolute Gasteiger partial charge is 0.0638 e. The van der Waals surface area contributed by atoms with Gasteiger partial charge < -0.3 is 0 Å². The normalized spacial score (nSPS) is 15.4. The molecule has 0 N–H and O–H groups in total. The van der Waals surface area contributed by atoms with Gasteiger partial charge in [0.2, 0.25) is 0 Å². The maximum absolute atomic E-state index is 4.74. The van der Waals surface area contributed by atoms with Crippen LogP contribution in [-0.4, -0.2) is 44.2 Å². The van der Waals surface area contributed by atoms with Gasteiger partial charge in [0.05, 0.1) is 5.69 Å². The highest BCUT2D eigenvalue weighted by Crippen LogP contribution is 2.23. The van der Waals surface area contributed by atoms with E-state index in [0.29, 0.717) is 0 Å². The maximum atomic E-state index is 4.74. The van der Waals surface area contributed by atoms with Crippen LogP contribution in [0.15, 0.2) is 55.0 Å². The Kier molecular flexibility index (Phi) is 8.30. The molecule has 0 radical (unpaired) electrons. The van der Waals surface area contributed by atoms with Gasteiger partial charge >= 0.3 is 0 Å². The molecule has 0 aliphatic carbocycles. The standard InChI is InChI=1S/C28H39N5/c1-4-14-33-22-28(24(3)30-33)21-32(19-26-9-7-13-29-17-26)18-25-11-15-31(16-12-25)20-27-10-6-5-8-23(27)2/h5-10,13,17,22,25H,4,11-12,14-16,18-21H2,1-3H3. The highest BCUT2D eigenvalue weighted by molar-refractivity contribution is 5.25. The van der Waals surface area contributed by atoms with Gasteiger partial charge in [-0.25, -0.2) is 0 Å². The van der Waals surface area contributed by atoms with E-state index in [2.05, 4.69) is 76.8 Å². The second-order valence-corrected chi connectivity index (χ2v) is 9.68. The highest BCUT2D eigenvalue weighted by atomic mass is 15.3. The zero-order chi connectivity index (χ0) is 23.0. The number of rotatable bonds is 10. The lowest BCUT2D eigenvalue weighted by Crippen LogP contribution is -2.38. The van der Waals surface area contributed by atoms with Gasteiger partial charge in [-0.1, -0.05) is 37.3 Å². The summed E-state index contributed by atoms with van der Waals surface area (Å²) in [6, 6.07) is 13.0. The first-order chi connectivity index (χ1) is 16.1. The summed E-state index contributed by atoms with van der Waals surface area (Å²) in [4.78, 5) is 9.58. The van der Waals surface area contributed by atoms with Crippen molar-refractivity contribution in [1.29, 1.82) is 0 Å². The predicted molar refractivity (Wildman–Crippen MR) is 135 cm³/mol. The third-order valence-corrected chi connectivity index (χ3v) is 6.90. The van der Waals surface area contributed by atoms with Gasteiger partial charge in [-0.3, -0.25) is 19.5 Å². The van der Waals surface area contributed by atoms with E-state index in [1.165, 1.54) is 48.2 Å². The van der Waals surface area contributed by atoms with Crippen LogP contribution in [0, 0.1) is 19.8 Å². The van der Waals surface area contributed by atoms with E-state index < -0.39 is 0 Å². The number of nitrogens with zero attached hydrogens (tertiary/aromatic N) is 5. The minimum absolute atomic E-state index is 0.737. The number of aromatic nitrogens is 3. The summed E-state index contributed by atoms with van der Waals surface area (Å²) in [5, 5.41) is 4.74. The summed E-state index contributed by atoms with van der Waals surface area (Å²) in [6.07, 6.45) is 9.76. The molecule has 1 saturated heterocycles. The van der Waals surface area contributed by atoms with E-state index in [9.17, 15) is 0 Å². The first kappa shape index (κ1) is 23.7. The van der Waals surface area contributed by atoms with Crippen molar-refractivity contribution < 1.29 is 0 Å². The summed E-state index contributed by atoms with van der Waals surface area (Å²) < 4.78 is 2.11. The van der Waals surface area contributed by atoms with E-state index in [-0.39, 0.29) is 0 Å². The van der Waals surface area contributed by atoms with Crippen molar-refractivity contribution in [1.82, 2.24) is 24.6 Å². The molecule has 3 heterocycles. The quantitative estimate of drug-likeness (QED) is 0.429. The van der Waals surface area contributed by atoms with Crippen molar-refractivity contribution in [2.75, 3.05) is 19.6 Å². The Morgan fingerprint density at radius 3 is 2.55 bits per heavy atom. The van der Waals surface area contributed by atoms with Crippen LogP contribution in [0.3, 0.4) is 0 Å². The molecule has 0 unspecified atom stereocenters. The van der Waals surface area contributed by atoms with Gasteiger partial charge in [0.25, 0.3) is 0 Å². The lowest BCUT2D eigenvalue weighted by molar-refractivity contribution is 0.131. The summed E-state index contributed by atoms with van der Waals surface area (Å²) in [5.74, 6) is 0.737. The van der Waals surface area contributed by atoms with Crippen molar-refractivity contribution in [3.63, 3.8) is 0 Å². The van der Waals surface area contributed by atoms with Gasteiger partial charge in [-0.2, -0.15) is 5.10 Å². The Morgan fingerprint density at radius 1 is 1.00 bits per heavy atom. The van der Waals surface area contributed by atoms with E-state index in [1.54, 1.807) is 0 Å². The Hall–Kier alpha value is -2.50. The first-order valence-corrected chi connectivity index (χ1v) is 12.5. The average Bonchev–Trinajstić information content (AvgIpc) is 3.16. The minimum atomic E-state index is 0.737. The molecule has 1 aliphatic rings. The fourth-order valence-corrected chi connectivity index (χ4v) is 4.95. The molecule has 0 atom stereocenters. The van der Waals surface area contributed by atoms with Gasteiger partial charge in [0.1, 0.15) is 0 Å². The molecule has 1 fully saturated rings. The van der Waals surface area contributed by atoms with Crippen LogP contribution in [0.2, 0.25) is 0 Å². The molecule has 33 heavy (non-hydrogen) atoms. The SMILES string of the molecule is CCCn1cc(CN(Cc2cccnc2)CC2CCN(Cc3ccccc3C)CC2)c(C)n1. The number of piperidine rings is 1. The molecule has 3 aromatic rings. The first-order valence-electron chi connectivity index (χ1n) is 12.5. The molecular weight excluding hydrogens is 406 g/mol. The summed E-state index contributed by atoms with van der Waals surface area (Å²) in [6.45, 7) is 14.0.